The molecule has 0 radical (unpaired) electrons. The molecule has 0 fully saturated rings. The first kappa shape index (κ1) is 48.4. The van der Waals surface area contributed by atoms with E-state index in [-0.39, 0.29) is 66.5 Å². The van der Waals surface area contributed by atoms with Crippen LogP contribution in [0, 0.1) is 0 Å². The summed E-state index contributed by atoms with van der Waals surface area (Å²) in [5.41, 5.74) is 2.00. The molecule has 0 aliphatic rings. The molecular weight excluding hydrogens is 903 g/mol. The molecule has 18 nitrogen and oxygen atoms in total. The van der Waals surface area contributed by atoms with Crippen LogP contribution in [0.3, 0.4) is 0 Å². The lowest BCUT2D eigenvalue weighted by Gasteiger charge is -2.15. The maximum atomic E-state index is 13.6. The van der Waals surface area contributed by atoms with Gasteiger partial charge in [0.15, 0.2) is 0 Å². The van der Waals surface area contributed by atoms with Crippen molar-refractivity contribution < 1.29 is 71.5 Å². The molecule has 6 rings (SSSR count). The third-order valence-electron chi connectivity index (χ3n) is 8.87. The average Bonchev–Trinajstić information content (AvgIpc) is 3.80. The number of carbonyl (C=O) groups excluding carboxylic acids is 6. The number of fused-ring (bicyclic) bond motifs is 1. The number of anilines is 1. The number of nitrogens with zero attached hydrogens (tertiary/aromatic N) is 3. The Morgan fingerprint density at radius 2 is 1.09 bits per heavy atom. The zero-order chi connectivity index (χ0) is 48.3. The van der Waals surface area contributed by atoms with E-state index in [1.54, 1.807) is 24.3 Å². The zero-order valence-corrected chi connectivity index (χ0v) is 36.6. The number of para-hydroxylation sites is 1. The lowest BCUT2D eigenvalue weighted by molar-refractivity contribution is -0.145. The van der Waals surface area contributed by atoms with E-state index in [0.717, 1.165) is 28.1 Å². The van der Waals surface area contributed by atoms with E-state index in [1.165, 1.54) is 96.4 Å². The van der Waals surface area contributed by atoms with Gasteiger partial charge in [-0.15, -0.1) is 5.10 Å². The molecule has 346 valence electrons. The Balaban J connectivity index is 1.21. The number of thiazole rings is 1. The second kappa shape index (κ2) is 24.3. The summed E-state index contributed by atoms with van der Waals surface area (Å²) in [6.07, 6.45) is 4.52. The van der Waals surface area contributed by atoms with Crippen LogP contribution < -0.4 is 24.1 Å². The molecule has 0 N–H and O–H groups in total. The third-order valence-corrected chi connectivity index (χ3v) is 9.86. The van der Waals surface area contributed by atoms with Gasteiger partial charge in [-0.05, 0) is 103 Å². The number of aromatic nitrogens is 1. The predicted octanol–water partition coefficient (Wildman–Crippen LogP) is 7.72. The highest BCUT2D eigenvalue weighted by Gasteiger charge is 2.20. The monoisotopic (exact) mass is 941 g/mol. The minimum atomic E-state index is -0.823. The highest BCUT2D eigenvalue weighted by atomic mass is 32.1. The Hall–Kier alpha value is -9.10. The molecule has 5 aromatic carbocycles. The van der Waals surface area contributed by atoms with Crippen molar-refractivity contribution in [2.75, 3.05) is 32.2 Å². The molecule has 0 amide bonds. The Morgan fingerprint density at radius 1 is 0.588 bits per heavy atom. The number of benzene rings is 5. The van der Waals surface area contributed by atoms with Gasteiger partial charge in [0.25, 0.3) is 0 Å². The highest BCUT2D eigenvalue weighted by Crippen LogP contribution is 2.30. The molecule has 0 aliphatic carbocycles. The van der Waals surface area contributed by atoms with Gasteiger partial charge in [-0.3, -0.25) is 0 Å². The topological polar surface area (TPSA) is 214 Å². The van der Waals surface area contributed by atoms with E-state index in [0.29, 0.717) is 28.3 Å². The quantitative estimate of drug-likeness (QED) is 0.0114. The molecule has 6 aromatic rings. The Kier molecular flexibility index (Phi) is 17.3. The van der Waals surface area contributed by atoms with Crippen molar-refractivity contribution in [3.63, 3.8) is 0 Å². The van der Waals surface area contributed by atoms with Crippen molar-refractivity contribution in [1.29, 1.82) is 0 Å². The number of ether oxygens (including phenoxy) is 8. The summed E-state index contributed by atoms with van der Waals surface area (Å²) in [6, 6.07) is 29.8. The number of carbonyl (C=O) groups is 6. The predicted molar refractivity (Wildman–Crippen MR) is 245 cm³/mol. The first-order chi connectivity index (χ1) is 33.0. The van der Waals surface area contributed by atoms with Crippen molar-refractivity contribution in [3.8, 4) is 23.0 Å². The fourth-order valence-corrected chi connectivity index (χ4v) is 6.32. The fraction of sp³-hybridized carbons (Fsp3) is 0.102. The van der Waals surface area contributed by atoms with Gasteiger partial charge in [-0.25, -0.2) is 33.8 Å². The van der Waals surface area contributed by atoms with Crippen LogP contribution >= 0.6 is 11.3 Å². The van der Waals surface area contributed by atoms with E-state index in [1.807, 2.05) is 12.1 Å². The molecule has 19 heteroatoms. The van der Waals surface area contributed by atoms with E-state index < -0.39 is 35.8 Å². The highest BCUT2D eigenvalue weighted by molar-refractivity contribution is 7.22. The maximum Gasteiger partial charge on any atom is 0.365 e. The molecule has 0 atom stereocenters. The summed E-state index contributed by atoms with van der Waals surface area (Å²) < 4.78 is 42.7. The normalized spacial score (nSPS) is 10.5. The lowest BCUT2D eigenvalue weighted by Crippen LogP contribution is -2.22. The molecule has 1 heterocycles. The SMILES string of the molecule is C=CC(=O)OCOc1ccc(C(=O)OCCc2ccc(OC(=O)c3ccc(OCOC(=O)C=C)cc3)c(/C=N/N(OC(=O)c3ccc(OCOC(=O)C=C)cc3)c3nc4ccccc4s3)c2)cc1. The Morgan fingerprint density at radius 3 is 1.60 bits per heavy atom. The summed E-state index contributed by atoms with van der Waals surface area (Å²) in [6.45, 7) is 8.83. The largest absolute Gasteiger partial charge is 0.462 e. The van der Waals surface area contributed by atoms with Crippen molar-refractivity contribution in [3.05, 3.63) is 181 Å². The summed E-state index contributed by atoms with van der Waals surface area (Å²) in [7, 11) is 0. The second-order valence-corrected chi connectivity index (χ2v) is 14.4. The first-order valence-corrected chi connectivity index (χ1v) is 20.8. The van der Waals surface area contributed by atoms with Crippen LogP contribution in [0.4, 0.5) is 5.13 Å². The molecule has 0 aliphatic heterocycles. The van der Waals surface area contributed by atoms with Gasteiger partial charge in [0.1, 0.15) is 23.0 Å². The van der Waals surface area contributed by atoms with Gasteiger partial charge >= 0.3 is 35.8 Å². The van der Waals surface area contributed by atoms with Crippen LogP contribution in [-0.4, -0.2) is 74.0 Å². The standard InChI is InChI=1S/C49H39N3O15S/c1-4-43(53)63-29-60-37-18-12-33(13-19-37)46(56)59-26-25-32-11-24-41(66-47(57)34-14-20-38(21-15-34)61-30-64-44(54)5-2)36(27-32)28-50-52(49-51-40-9-7-8-10-42(40)68-49)67-48(58)35-16-22-39(23-17-35)62-31-65-45(55)6-3/h4-24,27-28H,1-3,25-26,29-31H2/b50-28+. The van der Waals surface area contributed by atoms with E-state index in [4.69, 9.17) is 42.7 Å². The minimum absolute atomic E-state index is 0.0508. The molecule has 0 saturated carbocycles. The lowest BCUT2D eigenvalue weighted by atomic mass is 10.1. The number of hydrazone groups is 1. The molecule has 0 unspecified atom stereocenters. The molecule has 0 spiro atoms. The van der Waals surface area contributed by atoms with Crippen LogP contribution in [-0.2, 0) is 44.6 Å². The van der Waals surface area contributed by atoms with Crippen LogP contribution in [0.1, 0.15) is 42.2 Å². The zero-order valence-electron chi connectivity index (χ0n) is 35.8. The maximum absolute atomic E-state index is 13.6. The average molecular weight is 942 g/mol. The van der Waals surface area contributed by atoms with Gasteiger partial charge in [-0.2, -0.15) is 0 Å². The number of rotatable bonds is 23. The number of esters is 5. The van der Waals surface area contributed by atoms with Gasteiger partial charge in [0, 0.05) is 30.2 Å². The molecule has 0 bridgehead atoms. The van der Waals surface area contributed by atoms with E-state index in [2.05, 4.69) is 29.8 Å². The Bertz CT molecular complexity index is 2790. The summed E-state index contributed by atoms with van der Waals surface area (Å²) >= 11 is 1.19. The molecule has 68 heavy (non-hydrogen) atoms. The van der Waals surface area contributed by atoms with Crippen LogP contribution in [0.25, 0.3) is 10.2 Å². The Labute approximate surface area is 391 Å². The third kappa shape index (κ3) is 14.2. The van der Waals surface area contributed by atoms with E-state index in [9.17, 15) is 28.8 Å². The van der Waals surface area contributed by atoms with Crippen LogP contribution in [0.2, 0.25) is 0 Å². The fourth-order valence-electron chi connectivity index (χ4n) is 5.46. The van der Waals surface area contributed by atoms with Crippen molar-refractivity contribution in [1.82, 2.24) is 4.98 Å². The number of hydrogen-bond donors (Lipinski definition) is 0. The summed E-state index contributed by atoms with van der Waals surface area (Å²) in [4.78, 5) is 84.3. The smallest absolute Gasteiger partial charge is 0.365 e. The van der Waals surface area contributed by atoms with Crippen LogP contribution in [0.15, 0.2) is 158 Å². The van der Waals surface area contributed by atoms with Gasteiger partial charge in [0.05, 0.1) is 39.7 Å². The van der Waals surface area contributed by atoms with Crippen molar-refractivity contribution in [2.45, 2.75) is 6.42 Å². The minimum Gasteiger partial charge on any atom is -0.462 e. The second-order valence-electron chi connectivity index (χ2n) is 13.4. The first-order valence-electron chi connectivity index (χ1n) is 20.0. The van der Waals surface area contributed by atoms with Gasteiger partial charge < -0.3 is 42.7 Å². The molecule has 0 saturated heterocycles. The van der Waals surface area contributed by atoms with Crippen molar-refractivity contribution in [2.24, 2.45) is 5.10 Å². The van der Waals surface area contributed by atoms with Crippen LogP contribution in [0.5, 0.6) is 23.0 Å². The summed E-state index contributed by atoms with van der Waals surface area (Å²) in [5.74, 6) is -3.13. The van der Waals surface area contributed by atoms with E-state index >= 15 is 0 Å². The summed E-state index contributed by atoms with van der Waals surface area (Å²) in [5, 5.41) is 5.60. The molecular formula is C49H39N3O15S. The van der Waals surface area contributed by atoms with Gasteiger partial charge in [0.2, 0.25) is 25.5 Å². The van der Waals surface area contributed by atoms with Crippen molar-refractivity contribution >= 4 is 68.7 Å². The molecule has 1 aromatic heterocycles. The number of hydrogen-bond acceptors (Lipinski definition) is 19. The van der Waals surface area contributed by atoms with Gasteiger partial charge in [-0.1, -0.05) is 54.4 Å².